The van der Waals surface area contributed by atoms with Gasteiger partial charge in [0.1, 0.15) is 0 Å². The number of amides is 2. The van der Waals surface area contributed by atoms with Crippen molar-refractivity contribution in [2.24, 2.45) is 11.7 Å². The van der Waals surface area contributed by atoms with E-state index >= 15 is 0 Å². The summed E-state index contributed by atoms with van der Waals surface area (Å²) in [5.41, 5.74) is 5.55. The van der Waals surface area contributed by atoms with Gasteiger partial charge in [-0.05, 0) is 20.3 Å². The average Bonchev–Trinajstić information content (AvgIpc) is 2.97. The van der Waals surface area contributed by atoms with Gasteiger partial charge >= 0.3 is 0 Å². The van der Waals surface area contributed by atoms with Crippen LogP contribution < -0.4 is 11.1 Å². The van der Waals surface area contributed by atoms with E-state index in [0.29, 0.717) is 13.0 Å². The summed E-state index contributed by atoms with van der Waals surface area (Å²) < 4.78 is 0. The van der Waals surface area contributed by atoms with Gasteiger partial charge in [-0.1, -0.05) is 0 Å². The van der Waals surface area contributed by atoms with Crippen LogP contribution in [0.2, 0.25) is 0 Å². The highest BCUT2D eigenvalue weighted by Gasteiger charge is 2.39. The molecule has 3 N–H and O–H groups in total. The summed E-state index contributed by atoms with van der Waals surface area (Å²) in [6.45, 7) is 5.75. The molecule has 1 fully saturated rings. The van der Waals surface area contributed by atoms with E-state index in [4.69, 9.17) is 5.73 Å². The number of nitrogens with one attached hydrogen (secondary N) is 1. The van der Waals surface area contributed by atoms with Gasteiger partial charge in [0.25, 0.3) is 0 Å². The molecule has 16 heavy (non-hydrogen) atoms. The smallest absolute Gasteiger partial charge is 0.224 e. The second-order valence-electron chi connectivity index (χ2n) is 4.11. The molecule has 1 saturated carbocycles. The second-order valence-corrected chi connectivity index (χ2v) is 4.11. The number of nitrogens with two attached hydrogens (primary N) is 1. The fourth-order valence-corrected chi connectivity index (χ4v) is 1.67. The fraction of sp³-hybridized carbons (Fsp3) is 0.818. The first-order valence-electron chi connectivity index (χ1n) is 5.91. The highest BCUT2D eigenvalue weighted by molar-refractivity contribution is 5.83. The van der Waals surface area contributed by atoms with Crippen molar-refractivity contribution in [3.8, 4) is 0 Å². The zero-order valence-corrected chi connectivity index (χ0v) is 10.0. The fourth-order valence-electron chi connectivity index (χ4n) is 1.67. The lowest BCUT2D eigenvalue weighted by atomic mass is 10.3. The van der Waals surface area contributed by atoms with Gasteiger partial charge in [-0.25, -0.2) is 0 Å². The summed E-state index contributed by atoms with van der Waals surface area (Å²) in [6.07, 6.45) is 1.14. The number of nitrogens with zero attached hydrogens (tertiary/aromatic N) is 1. The quantitative estimate of drug-likeness (QED) is 0.654. The first kappa shape index (κ1) is 13.0. The molecule has 0 heterocycles. The molecular formula is C11H21N3O2. The highest BCUT2D eigenvalue weighted by atomic mass is 16.2. The Bertz CT molecular complexity index is 264. The number of rotatable bonds is 6. The lowest BCUT2D eigenvalue weighted by Gasteiger charge is -2.18. The number of carbonyl (C=O) groups is 2. The molecular weight excluding hydrogens is 206 g/mol. The Morgan fingerprint density at radius 2 is 1.94 bits per heavy atom. The molecule has 0 saturated heterocycles. The second kappa shape index (κ2) is 5.84. The van der Waals surface area contributed by atoms with Crippen molar-refractivity contribution in [2.45, 2.75) is 32.7 Å². The van der Waals surface area contributed by atoms with Crippen LogP contribution >= 0.6 is 0 Å². The largest absolute Gasteiger partial charge is 0.355 e. The lowest BCUT2D eigenvalue weighted by molar-refractivity contribution is -0.130. The van der Waals surface area contributed by atoms with E-state index in [1.54, 1.807) is 4.90 Å². The van der Waals surface area contributed by atoms with Gasteiger partial charge in [0.05, 0.1) is 5.92 Å². The van der Waals surface area contributed by atoms with Crippen LogP contribution in [-0.2, 0) is 9.59 Å². The standard InChI is InChI=1S/C11H21N3O2/c1-3-14(4-2)10(15)5-6-13-11(16)8-7-9(8)12/h8-9H,3-7,12H2,1-2H3,(H,13,16). The molecule has 1 rings (SSSR count). The van der Waals surface area contributed by atoms with E-state index in [-0.39, 0.29) is 23.8 Å². The molecule has 0 spiro atoms. The maximum absolute atomic E-state index is 11.6. The molecule has 2 atom stereocenters. The minimum Gasteiger partial charge on any atom is -0.355 e. The summed E-state index contributed by atoms with van der Waals surface area (Å²) in [7, 11) is 0. The molecule has 5 nitrogen and oxygen atoms in total. The summed E-state index contributed by atoms with van der Waals surface area (Å²) in [6, 6.07) is 0.0264. The first-order chi connectivity index (χ1) is 7.60. The van der Waals surface area contributed by atoms with Crippen LogP contribution in [0.3, 0.4) is 0 Å². The van der Waals surface area contributed by atoms with Crippen LogP contribution in [0, 0.1) is 5.92 Å². The zero-order valence-electron chi connectivity index (χ0n) is 10.0. The van der Waals surface area contributed by atoms with E-state index in [0.717, 1.165) is 19.5 Å². The molecule has 2 unspecified atom stereocenters. The van der Waals surface area contributed by atoms with E-state index in [9.17, 15) is 9.59 Å². The third-order valence-electron chi connectivity index (χ3n) is 2.93. The monoisotopic (exact) mass is 227 g/mol. The number of hydrogen-bond acceptors (Lipinski definition) is 3. The van der Waals surface area contributed by atoms with E-state index in [2.05, 4.69) is 5.32 Å². The Labute approximate surface area is 96.4 Å². The molecule has 1 aliphatic rings. The van der Waals surface area contributed by atoms with Crippen molar-refractivity contribution in [2.75, 3.05) is 19.6 Å². The molecule has 0 radical (unpaired) electrons. The summed E-state index contributed by atoms with van der Waals surface area (Å²) in [5, 5.41) is 2.74. The van der Waals surface area contributed by atoms with Gasteiger partial charge in [-0.3, -0.25) is 9.59 Å². The van der Waals surface area contributed by atoms with Crippen LogP contribution in [0.4, 0.5) is 0 Å². The lowest BCUT2D eigenvalue weighted by Crippen LogP contribution is -2.35. The van der Waals surface area contributed by atoms with Gasteiger partial charge in [0, 0.05) is 32.1 Å². The van der Waals surface area contributed by atoms with Crippen molar-refractivity contribution in [3.05, 3.63) is 0 Å². The van der Waals surface area contributed by atoms with Crippen LogP contribution in [0.5, 0.6) is 0 Å². The molecule has 0 aromatic rings. The minimum absolute atomic E-state index is 0.0140. The number of hydrogen-bond donors (Lipinski definition) is 2. The van der Waals surface area contributed by atoms with Crippen LogP contribution in [-0.4, -0.2) is 42.4 Å². The Kier molecular flexibility index (Phi) is 4.73. The van der Waals surface area contributed by atoms with Gasteiger partial charge in [-0.15, -0.1) is 0 Å². The van der Waals surface area contributed by atoms with E-state index in [1.165, 1.54) is 0 Å². The van der Waals surface area contributed by atoms with Crippen LogP contribution in [0.15, 0.2) is 0 Å². The SMILES string of the molecule is CCN(CC)C(=O)CCNC(=O)C1CC1N. The van der Waals surface area contributed by atoms with E-state index in [1.807, 2.05) is 13.8 Å². The molecule has 0 aromatic heterocycles. The Morgan fingerprint density at radius 3 is 2.38 bits per heavy atom. The van der Waals surface area contributed by atoms with Crippen molar-refractivity contribution in [1.82, 2.24) is 10.2 Å². The highest BCUT2D eigenvalue weighted by Crippen LogP contribution is 2.27. The maximum Gasteiger partial charge on any atom is 0.224 e. The number of carbonyl (C=O) groups excluding carboxylic acids is 2. The average molecular weight is 227 g/mol. The van der Waals surface area contributed by atoms with Gasteiger partial charge < -0.3 is 16.0 Å². The molecule has 0 aliphatic heterocycles. The van der Waals surface area contributed by atoms with Crippen LogP contribution in [0.25, 0.3) is 0 Å². The van der Waals surface area contributed by atoms with E-state index < -0.39 is 0 Å². The molecule has 2 amide bonds. The van der Waals surface area contributed by atoms with Crippen molar-refractivity contribution < 1.29 is 9.59 Å². The minimum atomic E-state index is -0.0245. The van der Waals surface area contributed by atoms with Crippen LogP contribution in [0.1, 0.15) is 26.7 Å². The Balaban J connectivity index is 2.15. The van der Waals surface area contributed by atoms with Gasteiger partial charge in [0.2, 0.25) is 11.8 Å². The van der Waals surface area contributed by atoms with Gasteiger partial charge in [0.15, 0.2) is 0 Å². The van der Waals surface area contributed by atoms with Gasteiger partial charge in [-0.2, -0.15) is 0 Å². The Hall–Kier alpha value is -1.10. The summed E-state index contributed by atoms with van der Waals surface area (Å²) in [4.78, 5) is 24.7. The first-order valence-corrected chi connectivity index (χ1v) is 5.91. The molecule has 92 valence electrons. The predicted molar refractivity (Wildman–Crippen MR) is 61.6 cm³/mol. The van der Waals surface area contributed by atoms with Crippen molar-refractivity contribution in [3.63, 3.8) is 0 Å². The molecule has 0 bridgehead atoms. The van der Waals surface area contributed by atoms with Crippen molar-refractivity contribution >= 4 is 11.8 Å². The normalized spacial score (nSPS) is 22.7. The zero-order chi connectivity index (χ0) is 12.1. The summed E-state index contributed by atoms with van der Waals surface area (Å²) >= 11 is 0. The molecule has 1 aliphatic carbocycles. The topological polar surface area (TPSA) is 75.4 Å². The third kappa shape index (κ3) is 3.48. The Morgan fingerprint density at radius 1 is 1.38 bits per heavy atom. The summed E-state index contributed by atoms with van der Waals surface area (Å²) in [5.74, 6) is 0.0498. The predicted octanol–water partition coefficient (Wildman–Crippen LogP) is -0.292. The maximum atomic E-state index is 11.6. The molecule has 0 aromatic carbocycles. The molecule has 5 heteroatoms. The van der Waals surface area contributed by atoms with Crippen molar-refractivity contribution in [1.29, 1.82) is 0 Å². The third-order valence-corrected chi connectivity index (χ3v) is 2.93.